The van der Waals surface area contributed by atoms with Crippen LogP contribution in [0, 0.1) is 0 Å². The summed E-state index contributed by atoms with van der Waals surface area (Å²) in [5.41, 5.74) is 0. The van der Waals surface area contributed by atoms with E-state index in [-0.39, 0.29) is 5.91 Å². The largest absolute Gasteiger partial charge is 0.383 e. The minimum absolute atomic E-state index is 0.0305. The SMILES string of the molecule is COCCNCC(=O)NCCc1ncn(C)n1. The smallest absolute Gasteiger partial charge is 0.233 e. The van der Waals surface area contributed by atoms with Crippen LogP contribution < -0.4 is 10.6 Å². The number of carbonyl (C=O) groups excluding carboxylic acids is 1. The molecule has 17 heavy (non-hydrogen) atoms. The van der Waals surface area contributed by atoms with Gasteiger partial charge in [0.2, 0.25) is 5.91 Å². The Hall–Kier alpha value is -1.47. The van der Waals surface area contributed by atoms with Crippen molar-refractivity contribution in [1.82, 2.24) is 25.4 Å². The first-order chi connectivity index (χ1) is 8.22. The molecule has 1 aromatic rings. The lowest BCUT2D eigenvalue weighted by molar-refractivity contribution is -0.120. The monoisotopic (exact) mass is 241 g/mol. The number of nitrogens with one attached hydrogen (secondary N) is 2. The van der Waals surface area contributed by atoms with Crippen molar-refractivity contribution in [1.29, 1.82) is 0 Å². The number of ether oxygens (including phenoxy) is 1. The van der Waals surface area contributed by atoms with Gasteiger partial charge in [0.05, 0.1) is 13.2 Å². The zero-order valence-corrected chi connectivity index (χ0v) is 10.3. The van der Waals surface area contributed by atoms with Crippen molar-refractivity contribution in [2.45, 2.75) is 6.42 Å². The fraction of sp³-hybridized carbons (Fsp3) is 0.700. The molecule has 7 nitrogen and oxygen atoms in total. The van der Waals surface area contributed by atoms with Crippen LogP contribution in [0.25, 0.3) is 0 Å². The van der Waals surface area contributed by atoms with Crippen LogP contribution in [0.2, 0.25) is 0 Å². The van der Waals surface area contributed by atoms with Gasteiger partial charge in [-0.2, -0.15) is 5.10 Å². The molecule has 1 heterocycles. The number of rotatable bonds is 8. The topological polar surface area (TPSA) is 81.1 Å². The molecule has 1 aromatic heterocycles. The highest BCUT2D eigenvalue weighted by Crippen LogP contribution is 1.87. The molecule has 96 valence electrons. The fourth-order valence-corrected chi connectivity index (χ4v) is 1.25. The lowest BCUT2D eigenvalue weighted by Crippen LogP contribution is -2.36. The summed E-state index contributed by atoms with van der Waals surface area (Å²) in [5, 5.41) is 9.87. The molecule has 2 N–H and O–H groups in total. The Morgan fingerprint density at radius 2 is 2.35 bits per heavy atom. The van der Waals surface area contributed by atoms with Crippen molar-refractivity contribution >= 4 is 5.91 Å². The van der Waals surface area contributed by atoms with Gasteiger partial charge in [-0.3, -0.25) is 9.48 Å². The summed E-state index contributed by atoms with van der Waals surface area (Å²) in [5.74, 6) is 0.706. The summed E-state index contributed by atoms with van der Waals surface area (Å²) in [4.78, 5) is 15.4. The molecule has 1 amide bonds. The lowest BCUT2D eigenvalue weighted by atomic mass is 10.4. The summed E-state index contributed by atoms with van der Waals surface area (Å²) < 4.78 is 6.49. The molecule has 7 heteroatoms. The maximum absolute atomic E-state index is 11.3. The van der Waals surface area contributed by atoms with Gasteiger partial charge in [0.25, 0.3) is 0 Å². The van der Waals surface area contributed by atoms with Gasteiger partial charge < -0.3 is 15.4 Å². The summed E-state index contributed by atoms with van der Waals surface area (Å²) in [6.45, 7) is 2.13. The molecule has 0 aromatic carbocycles. The number of aryl methyl sites for hydroxylation is 1. The third-order valence-electron chi connectivity index (χ3n) is 2.09. The summed E-state index contributed by atoms with van der Waals surface area (Å²) in [6, 6.07) is 0. The minimum atomic E-state index is -0.0305. The van der Waals surface area contributed by atoms with Gasteiger partial charge in [0.15, 0.2) is 5.82 Å². The Morgan fingerprint density at radius 3 is 3.00 bits per heavy atom. The third-order valence-corrected chi connectivity index (χ3v) is 2.09. The van der Waals surface area contributed by atoms with Crippen molar-refractivity contribution in [2.24, 2.45) is 7.05 Å². The molecule has 0 aliphatic heterocycles. The van der Waals surface area contributed by atoms with Crippen LogP contribution >= 0.6 is 0 Å². The number of hydrogen-bond donors (Lipinski definition) is 2. The average molecular weight is 241 g/mol. The number of aromatic nitrogens is 3. The van der Waals surface area contributed by atoms with Crippen LogP contribution in [0.4, 0.5) is 0 Å². The Bertz CT molecular complexity index is 339. The Morgan fingerprint density at radius 1 is 1.53 bits per heavy atom. The maximum Gasteiger partial charge on any atom is 0.233 e. The number of amides is 1. The predicted molar refractivity (Wildman–Crippen MR) is 62.5 cm³/mol. The van der Waals surface area contributed by atoms with Crippen molar-refractivity contribution < 1.29 is 9.53 Å². The third kappa shape index (κ3) is 5.98. The molecular formula is C10H19N5O2. The molecule has 0 atom stereocenters. The fourth-order valence-electron chi connectivity index (χ4n) is 1.25. The molecule has 0 aliphatic rings. The van der Waals surface area contributed by atoms with E-state index >= 15 is 0 Å². The molecule has 0 saturated carbocycles. The number of hydrogen-bond acceptors (Lipinski definition) is 5. The molecule has 0 bridgehead atoms. The van der Waals surface area contributed by atoms with E-state index < -0.39 is 0 Å². The molecular weight excluding hydrogens is 222 g/mol. The van der Waals surface area contributed by atoms with E-state index in [1.807, 2.05) is 7.05 Å². The summed E-state index contributed by atoms with van der Waals surface area (Å²) >= 11 is 0. The summed E-state index contributed by atoms with van der Waals surface area (Å²) in [6.07, 6.45) is 2.29. The number of carbonyl (C=O) groups is 1. The maximum atomic E-state index is 11.3. The Labute approximate surface area is 101 Å². The van der Waals surface area contributed by atoms with Gasteiger partial charge in [-0.1, -0.05) is 0 Å². The first-order valence-electron chi connectivity index (χ1n) is 5.53. The van der Waals surface area contributed by atoms with E-state index in [1.165, 1.54) is 0 Å². The standard InChI is InChI=1S/C10H19N5O2/c1-15-8-13-9(14-15)3-4-12-10(16)7-11-5-6-17-2/h8,11H,3-7H2,1-2H3,(H,12,16). The molecule has 1 rings (SSSR count). The van der Waals surface area contributed by atoms with Crippen molar-refractivity contribution in [2.75, 3.05) is 33.4 Å². The van der Waals surface area contributed by atoms with Gasteiger partial charge in [-0.05, 0) is 0 Å². The van der Waals surface area contributed by atoms with Crippen LogP contribution in [0.1, 0.15) is 5.82 Å². The normalized spacial score (nSPS) is 10.5. The summed E-state index contributed by atoms with van der Waals surface area (Å²) in [7, 11) is 3.44. The van der Waals surface area contributed by atoms with Crippen molar-refractivity contribution in [3.63, 3.8) is 0 Å². The van der Waals surface area contributed by atoms with Gasteiger partial charge >= 0.3 is 0 Å². The first kappa shape index (κ1) is 13.6. The van der Waals surface area contributed by atoms with E-state index in [4.69, 9.17) is 4.74 Å². The van der Waals surface area contributed by atoms with Crippen LogP contribution in [0.3, 0.4) is 0 Å². The van der Waals surface area contributed by atoms with Crippen LogP contribution in [0.15, 0.2) is 6.33 Å². The second kappa shape index (κ2) is 7.75. The zero-order chi connectivity index (χ0) is 12.5. The first-order valence-corrected chi connectivity index (χ1v) is 5.53. The van der Waals surface area contributed by atoms with Gasteiger partial charge in [-0.25, -0.2) is 4.98 Å². The van der Waals surface area contributed by atoms with E-state index in [0.29, 0.717) is 32.7 Å². The van der Waals surface area contributed by atoms with Crippen LogP contribution in [0.5, 0.6) is 0 Å². The van der Waals surface area contributed by atoms with Crippen molar-refractivity contribution in [3.8, 4) is 0 Å². The zero-order valence-electron chi connectivity index (χ0n) is 10.3. The quantitative estimate of drug-likeness (QED) is 0.553. The average Bonchev–Trinajstić information content (AvgIpc) is 2.71. The van der Waals surface area contributed by atoms with Gasteiger partial charge in [-0.15, -0.1) is 0 Å². The van der Waals surface area contributed by atoms with Crippen molar-refractivity contribution in [3.05, 3.63) is 12.2 Å². The number of nitrogens with zero attached hydrogens (tertiary/aromatic N) is 3. The highest BCUT2D eigenvalue weighted by Gasteiger charge is 2.02. The van der Waals surface area contributed by atoms with E-state index in [9.17, 15) is 4.79 Å². The molecule has 0 fully saturated rings. The molecule has 0 spiro atoms. The highest BCUT2D eigenvalue weighted by molar-refractivity contribution is 5.77. The van der Waals surface area contributed by atoms with E-state index in [2.05, 4.69) is 20.7 Å². The Balaban J connectivity index is 2.04. The predicted octanol–water partition coefficient (Wildman–Crippen LogP) is -1.29. The second-order valence-electron chi connectivity index (χ2n) is 3.60. The van der Waals surface area contributed by atoms with Crippen LogP contribution in [-0.2, 0) is 23.0 Å². The molecule has 0 saturated heterocycles. The van der Waals surface area contributed by atoms with E-state index in [1.54, 1.807) is 18.1 Å². The van der Waals surface area contributed by atoms with Gasteiger partial charge in [0, 0.05) is 33.7 Å². The minimum Gasteiger partial charge on any atom is -0.383 e. The Kier molecular flexibility index (Phi) is 6.19. The van der Waals surface area contributed by atoms with Gasteiger partial charge in [0.1, 0.15) is 6.33 Å². The second-order valence-corrected chi connectivity index (χ2v) is 3.60. The number of methoxy groups -OCH3 is 1. The molecule has 0 aliphatic carbocycles. The highest BCUT2D eigenvalue weighted by atomic mass is 16.5. The van der Waals surface area contributed by atoms with E-state index in [0.717, 1.165) is 5.82 Å². The lowest BCUT2D eigenvalue weighted by Gasteiger charge is -2.05. The molecule has 0 unspecified atom stereocenters. The molecule has 0 radical (unpaired) electrons. The van der Waals surface area contributed by atoms with Crippen LogP contribution in [-0.4, -0.2) is 54.0 Å².